The Morgan fingerprint density at radius 2 is 0.976 bits per heavy atom. The van der Waals surface area contributed by atoms with Gasteiger partial charge in [-0.1, -0.05) is 158 Å². The number of likely N-dealkylation sites (N-methyl/N-ethyl adjacent to an activating group) is 1. The smallest absolute Gasteiger partial charge is 0.0362 e. The summed E-state index contributed by atoms with van der Waals surface area (Å²) in [5, 5.41) is 7.11. The van der Waals surface area contributed by atoms with Crippen LogP contribution in [-0.4, -0.2) is 17.8 Å². The summed E-state index contributed by atoms with van der Waals surface area (Å²) in [7, 11) is 1.06. The number of rotatable bonds is 8. The van der Waals surface area contributed by atoms with Gasteiger partial charge in [-0.25, -0.2) is 0 Å². The molecule has 0 saturated heterocycles. The first-order chi connectivity index (χ1) is 19.7. The van der Waals surface area contributed by atoms with E-state index in [2.05, 4.69) is 176 Å². The summed E-state index contributed by atoms with van der Waals surface area (Å²) in [4.78, 5) is 0. The SMILES string of the molecule is C1=CCC=C1.C[C@@H](C1=CCC=C1P(c1ccccc1)c1ccccc1)N(C)P(c1ccccc1)c1ccccc1.[Fe]. The molecule has 0 aliphatic heterocycles. The van der Waals surface area contributed by atoms with Crippen molar-refractivity contribution in [2.45, 2.75) is 25.8 Å². The predicted octanol–water partition coefficient (Wildman–Crippen LogP) is 8.20. The monoisotopic (exact) mass is 613 g/mol. The molecule has 0 unspecified atom stereocenters. The number of allylic oxidation sites excluding steroid dienone is 6. The number of benzene rings is 4. The molecule has 4 heteroatoms. The Balaban J connectivity index is 0.000000584. The van der Waals surface area contributed by atoms with Crippen LogP contribution < -0.4 is 21.2 Å². The second-order valence-corrected chi connectivity index (χ2v) is 14.3. The van der Waals surface area contributed by atoms with E-state index in [1.807, 2.05) is 0 Å². The summed E-state index contributed by atoms with van der Waals surface area (Å²) < 4.78 is 2.61. The Kier molecular flexibility index (Phi) is 12.1. The van der Waals surface area contributed by atoms with Crippen molar-refractivity contribution < 1.29 is 17.1 Å². The van der Waals surface area contributed by atoms with Crippen molar-refractivity contribution in [3.05, 3.63) is 169 Å². The van der Waals surface area contributed by atoms with Crippen molar-refractivity contribution in [1.29, 1.82) is 0 Å². The van der Waals surface area contributed by atoms with Gasteiger partial charge in [0.25, 0.3) is 0 Å². The standard InChI is InChI=1S/C32H31NP2.C5H6.Fe/c1-26(33(2)35(29-20-11-5-12-21-29)30-22-13-6-14-23-30)31-24-15-25-32(31)34(27-16-7-3-8-17-27)28-18-9-4-10-19-28;1-2-4-5-3-1;/h3-14,16-26H,15H2,1-2H3;1-4H,5H2;/t26-;;/m0../s1. The van der Waals surface area contributed by atoms with E-state index < -0.39 is 16.0 Å². The molecule has 2 aliphatic carbocycles. The van der Waals surface area contributed by atoms with Gasteiger partial charge in [0.2, 0.25) is 0 Å². The fraction of sp³-hybridized carbons (Fsp3) is 0.135. The summed E-state index contributed by atoms with van der Waals surface area (Å²) in [6.07, 6.45) is 15.4. The molecule has 0 amide bonds. The van der Waals surface area contributed by atoms with E-state index in [1.54, 1.807) is 0 Å². The second kappa shape index (κ2) is 16.0. The third-order valence-electron chi connectivity index (χ3n) is 7.20. The Morgan fingerprint density at radius 3 is 1.37 bits per heavy atom. The summed E-state index contributed by atoms with van der Waals surface area (Å²) in [5.74, 6) is 0. The van der Waals surface area contributed by atoms with Crippen LogP contribution in [0.15, 0.2) is 169 Å². The molecule has 4 aromatic rings. The molecule has 0 aromatic heterocycles. The minimum absolute atomic E-state index is 0. The Bertz CT molecular complexity index is 1380. The maximum absolute atomic E-state index is 2.61. The molecule has 0 spiro atoms. The average Bonchev–Trinajstić information content (AvgIpc) is 3.76. The van der Waals surface area contributed by atoms with E-state index in [0.717, 1.165) is 12.8 Å². The molecule has 4 aromatic carbocycles. The quantitative estimate of drug-likeness (QED) is 0.143. The normalized spacial score (nSPS) is 14.4. The molecule has 0 saturated carbocycles. The number of hydrogen-bond acceptors (Lipinski definition) is 1. The molecule has 208 valence electrons. The Labute approximate surface area is 259 Å². The van der Waals surface area contributed by atoms with E-state index in [1.165, 1.54) is 32.1 Å². The van der Waals surface area contributed by atoms with Crippen molar-refractivity contribution in [2.75, 3.05) is 7.05 Å². The van der Waals surface area contributed by atoms with E-state index in [-0.39, 0.29) is 17.1 Å². The van der Waals surface area contributed by atoms with Gasteiger partial charge < -0.3 is 0 Å². The van der Waals surface area contributed by atoms with Crippen LogP contribution in [0.5, 0.6) is 0 Å². The van der Waals surface area contributed by atoms with Gasteiger partial charge >= 0.3 is 0 Å². The zero-order valence-corrected chi connectivity index (χ0v) is 26.6. The topological polar surface area (TPSA) is 3.24 Å². The van der Waals surface area contributed by atoms with Crippen molar-refractivity contribution in [1.82, 2.24) is 4.67 Å². The first kappa shape index (κ1) is 31.1. The minimum atomic E-state index is -0.642. The third-order valence-corrected chi connectivity index (χ3v) is 12.3. The van der Waals surface area contributed by atoms with Crippen LogP contribution in [0.25, 0.3) is 0 Å². The van der Waals surface area contributed by atoms with Crippen molar-refractivity contribution in [2.24, 2.45) is 0 Å². The zero-order chi connectivity index (χ0) is 27.6. The van der Waals surface area contributed by atoms with Crippen LogP contribution in [0, 0.1) is 0 Å². The third kappa shape index (κ3) is 7.93. The second-order valence-electron chi connectivity index (χ2n) is 9.82. The van der Waals surface area contributed by atoms with E-state index in [0.29, 0.717) is 6.04 Å². The van der Waals surface area contributed by atoms with Gasteiger partial charge in [-0.15, -0.1) is 0 Å². The molecule has 1 nitrogen and oxygen atoms in total. The maximum Gasteiger partial charge on any atom is 0.0362 e. The molecule has 0 heterocycles. The molecular weight excluding hydrogens is 576 g/mol. The largest absolute Gasteiger partial charge is 0.271 e. The van der Waals surface area contributed by atoms with Gasteiger partial charge in [-0.2, -0.15) is 0 Å². The van der Waals surface area contributed by atoms with Gasteiger partial charge in [0.05, 0.1) is 0 Å². The van der Waals surface area contributed by atoms with Crippen molar-refractivity contribution >= 4 is 37.2 Å². The van der Waals surface area contributed by atoms with E-state index in [9.17, 15) is 0 Å². The molecular formula is C37H37FeNP2. The van der Waals surface area contributed by atoms with E-state index in [4.69, 9.17) is 0 Å². The zero-order valence-electron chi connectivity index (χ0n) is 23.7. The maximum atomic E-state index is 2.61. The average molecular weight is 614 g/mol. The number of nitrogens with zero attached hydrogens (tertiary/aromatic N) is 1. The van der Waals surface area contributed by atoms with Gasteiger partial charge in [0, 0.05) is 31.2 Å². The molecule has 2 aliphatic rings. The summed E-state index contributed by atoms with van der Waals surface area (Å²) in [6, 6.07) is 44.4. The summed E-state index contributed by atoms with van der Waals surface area (Å²) in [5.41, 5.74) is 1.48. The fourth-order valence-electron chi connectivity index (χ4n) is 5.13. The van der Waals surface area contributed by atoms with Crippen LogP contribution >= 0.6 is 16.0 Å². The van der Waals surface area contributed by atoms with Gasteiger partial charge in [-0.3, -0.25) is 4.67 Å². The van der Waals surface area contributed by atoms with Gasteiger partial charge in [0.15, 0.2) is 0 Å². The van der Waals surface area contributed by atoms with Crippen LogP contribution in [-0.2, 0) is 17.1 Å². The molecule has 0 bridgehead atoms. The van der Waals surface area contributed by atoms with Crippen LogP contribution in [0.4, 0.5) is 0 Å². The summed E-state index contributed by atoms with van der Waals surface area (Å²) in [6.45, 7) is 2.38. The molecule has 0 fully saturated rings. The molecule has 0 N–H and O–H groups in total. The van der Waals surface area contributed by atoms with Crippen LogP contribution in [0.1, 0.15) is 19.8 Å². The van der Waals surface area contributed by atoms with Crippen LogP contribution in [0.2, 0.25) is 0 Å². The van der Waals surface area contributed by atoms with Crippen molar-refractivity contribution in [3.8, 4) is 0 Å². The van der Waals surface area contributed by atoms with Crippen molar-refractivity contribution in [3.63, 3.8) is 0 Å². The number of hydrogen-bond donors (Lipinski definition) is 0. The fourth-order valence-corrected chi connectivity index (χ4v) is 10.2. The first-order valence-electron chi connectivity index (χ1n) is 14.0. The Morgan fingerprint density at radius 1 is 0.561 bits per heavy atom. The molecule has 41 heavy (non-hydrogen) atoms. The predicted molar refractivity (Wildman–Crippen MR) is 179 cm³/mol. The Hall–Kier alpha value is -2.82. The minimum Gasteiger partial charge on any atom is -0.271 e. The summed E-state index contributed by atoms with van der Waals surface area (Å²) >= 11 is 0. The van der Waals surface area contributed by atoms with E-state index >= 15 is 0 Å². The van der Waals surface area contributed by atoms with Gasteiger partial charge in [0.1, 0.15) is 0 Å². The molecule has 1 atom stereocenters. The molecule has 0 radical (unpaired) electrons. The van der Waals surface area contributed by atoms with Gasteiger partial charge in [-0.05, 0) is 66.8 Å². The first-order valence-corrected chi connectivity index (χ1v) is 16.6. The molecule has 6 rings (SSSR count). The van der Waals surface area contributed by atoms with Crippen LogP contribution in [0.3, 0.4) is 0 Å².